The minimum Gasteiger partial charge on any atom is -0.369 e. The van der Waals surface area contributed by atoms with Crippen molar-refractivity contribution >= 4 is 58.9 Å². The number of rotatable bonds is 21. The van der Waals surface area contributed by atoms with Crippen LogP contribution in [0.5, 0.6) is 0 Å². The van der Waals surface area contributed by atoms with Crippen LogP contribution in [0.2, 0.25) is 0 Å². The van der Waals surface area contributed by atoms with Gasteiger partial charge in [0.05, 0.1) is 12.5 Å². The number of nitrogens with zero attached hydrogens (tertiary/aromatic N) is 2. The predicted molar refractivity (Wildman–Crippen MR) is 162 cm³/mol. The Balaban J connectivity index is 1.97. The summed E-state index contributed by atoms with van der Waals surface area (Å²) < 4.78 is 0. The third kappa shape index (κ3) is 12.2. The van der Waals surface area contributed by atoms with Crippen LogP contribution in [0.3, 0.4) is 0 Å². The first-order chi connectivity index (χ1) is 22.2. The van der Waals surface area contributed by atoms with Crippen LogP contribution >= 0.6 is 0 Å². The molecule has 3 unspecified atom stereocenters. The van der Waals surface area contributed by atoms with E-state index in [2.05, 4.69) is 21.3 Å². The Morgan fingerprint density at radius 1 is 0.723 bits per heavy atom. The number of imide groups is 2. The third-order valence-electron chi connectivity index (χ3n) is 7.31. The first kappa shape index (κ1) is 37.9. The SMILES string of the molecule is CC(=O)NC(CNC(=O)CCN1C(=O)C=CC1=O)C(=O)NCC(=O)C(CCCCN)C(CNC(=O)CCN1C(=O)C=CC1=O)C(N)=O. The lowest BCUT2D eigenvalue weighted by molar-refractivity contribution is -0.139. The molecule has 0 saturated carbocycles. The second-order valence-corrected chi connectivity index (χ2v) is 10.8. The molecule has 0 aromatic carbocycles. The number of nitrogens with one attached hydrogen (secondary N) is 4. The first-order valence-corrected chi connectivity index (χ1v) is 14.9. The van der Waals surface area contributed by atoms with Gasteiger partial charge in [-0.3, -0.25) is 57.7 Å². The van der Waals surface area contributed by atoms with E-state index in [-0.39, 0.29) is 45.4 Å². The molecule has 0 aromatic rings. The Kier molecular flexibility index (Phi) is 15.0. The molecule has 2 aliphatic rings. The van der Waals surface area contributed by atoms with Crippen LogP contribution in [-0.2, 0) is 47.9 Å². The number of nitrogens with two attached hydrogens (primary N) is 2. The van der Waals surface area contributed by atoms with Crippen LogP contribution in [0.4, 0.5) is 0 Å². The summed E-state index contributed by atoms with van der Waals surface area (Å²) in [4.78, 5) is 123. The molecule has 256 valence electrons. The molecule has 47 heavy (non-hydrogen) atoms. The molecule has 0 fully saturated rings. The molecule has 0 saturated heterocycles. The highest BCUT2D eigenvalue weighted by Gasteiger charge is 2.33. The van der Waals surface area contributed by atoms with E-state index in [4.69, 9.17) is 11.5 Å². The summed E-state index contributed by atoms with van der Waals surface area (Å²) in [6, 6.07) is -1.30. The van der Waals surface area contributed by atoms with Crippen LogP contribution in [-0.4, -0.2) is 114 Å². The number of carbonyl (C=O) groups excluding carboxylic acids is 10. The first-order valence-electron chi connectivity index (χ1n) is 14.9. The fourth-order valence-corrected chi connectivity index (χ4v) is 4.77. The van der Waals surface area contributed by atoms with Gasteiger partial charge in [0.25, 0.3) is 23.6 Å². The number of unbranched alkanes of at least 4 members (excludes halogenated alkanes) is 1. The van der Waals surface area contributed by atoms with Crippen LogP contribution in [0.25, 0.3) is 0 Å². The van der Waals surface area contributed by atoms with Crippen LogP contribution in [0.1, 0.15) is 39.0 Å². The maximum Gasteiger partial charge on any atom is 0.253 e. The van der Waals surface area contributed by atoms with E-state index in [9.17, 15) is 47.9 Å². The Morgan fingerprint density at radius 3 is 1.66 bits per heavy atom. The minimum absolute atomic E-state index is 0.153. The molecule has 2 rings (SSSR count). The maximum absolute atomic E-state index is 13.3. The van der Waals surface area contributed by atoms with E-state index in [1.54, 1.807) is 0 Å². The molecule has 0 bridgehead atoms. The molecule has 0 aromatic heterocycles. The van der Waals surface area contributed by atoms with Gasteiger partial charge in [-0.2, -0.15) is 0 Å². The highest BCUT2D eigenvalue weighted by molar-refractivity contribution is 6.13. The smallest absolute Gasteiger partial charge is 0.253 e. The van der Waals surface area contributed by atoms with Gasteiger partial charge in [-0.1, -0.05) is 6.42 Å². The summed E-state index contributed by atoms with van der Waals surface area (Å²) in [6.07, 6.45) is 4.90. The molecule has 0 spiro atoms. The number of hydrogen-bond acceptors (Lipinski definition) is 11. The average molecular weight is 661 g/mol. The van der Waals surface area contributed by atoms with Crippen molar-refractivity contribution < 1.29 is 47.9 Å². The number of hydrogen-bond donors (Lipinski definition) is 6. The summed E-state index contributed by atoms with van der Waals surface area (Å²) in [5.41, 5.74) is 11.2. The monoisotopic (exact) mass is 660 g/mol. The van der Waals surface area contributed by atoms with Gasteiger partial charge in [0, 0.05) is 76.2 Å². The molecule has 0 radical (unpaired) electrons. The van der Waals surface area contributed by atoms with Crippen molar-refractivity contribution in [3.63, 3.8) is 0 Å². The van der Waals surface area contributed by atoms with Crippen LogP contribution in [0, 0.1) is 11.8 Å². The number of ketones is 1. The van der Waals surface area contributed by atoms with Crippen molar-refractivity contribution in [2.75, 3.05) is 39.3 Å². The zero-order chi connectivity index (χ0) is 35.1. The summed E-state index contributed by atoms with van der Waals surface area (Å²) in [5.74, 6) is -8.56. The van der Waals surface area contributed by atoms with Gasteiger partial charge in [0.15, 0.2) is 5.78 Å². The van der Waals surface area contributed by atoms with E-state index >= 15 is 0 Å². The van der Waals surface area contributed by atoms with Crippen molar-refractivity contribution in [2.24, 2.45) is 23.3 Å². The Morgan fingerprint density at radius 2 is 1.21 bits per heavy atom. The Labute approximate surface area is 270 Å². The fourth-order valence-electron chi connectivity index (χ4n) is 4.77. The lowest BCUT2D eigenvalue weighted by Crippen LogP contribution is -2.53. The predicted octanol–water partition coefficient (Wildman–Crippen LogP) is -4.11. The van der Waals surface area contributed by atoms with Crippen molar-refractivity contribution in [1.29, 1.82) is 0 Å². The van der Waals surface area contributed by atoms with Gasteiger partial charge in [-0.05, 0) is 19.4 Å². The van der Waals surface area contributed by atoms with E-state index in [0.717, 1.165) is 41.0 Å². The molecule has 2 aliphatic heterocycles. The zero-order valence-electron chi connectivity index (χ0n) is 26.0. The molecule has 18 nitrogen and oxygen atoms in total. The number of primary amides is 1. The number of Topliss-reactive ketones (excluding diaryl/α,β-unsaturated/α-hetero) is 1. The second-order valence-electron chi connectivity index (χ2n) is 10.8. The zero-order valence-corrected chi connectivity index (χ0v) is 26.0. The molecular formula is C29H40N8O10. The van der Waals surface area contributed by atoms with Crippen molar-refractivity contribution in [1.82, 2.24) is 31.1 Å². The highest BCUT2D eigenvalue weighted by atomic mass is 16.2. The molecule has 9 amide bonds. The second kappa shape index (κ2) is 18.6. The fraction of sp³-hybridized carbons (Fsp3) is 0.517. The van der Waals surface area contributed by atoms with Gasteiger partial charge in [-0.15, -0.1) is 0 Å². The summed E-state index contributed by atoms with van der Waals surface area (Å²) >= 11 is 0. The summed E-state index contributed by atoms with van der Waals surface area (Å²) in [5, 5.41) is 9.69. The average Bonchev–Trinajstić information content (AvgIpc) is 3.52. The highest BCUT2D eigenvalue weighted by Crippen LogP contribution is 2.20. The number of carbonyl (C=O) groups is 10. The summed E-state index contributed by atoms with van der Waals surface area (Å²) in [6.45, 7) is -0.206. The van der Waals surface area contributed by atoms with Crippen molar-refractivity contribution in [2.45, 2.75) is 45.1 Å². The van der Waals surface area contributed by atoms with Gasteiger partial charge in [0.1, 0.15) is 6.04 Å². The minimum atomic E-state index is -1.30. The van der Waals surface area contributed by atoms with Gasteiger partial charge < -0.3 is 32.7 Å². The van der Waals surface area contributed by atoms with Gasteiger partial charge in [-0.25, -0.2) is 0 Å². The molecule has 8 N–H and O–H groups in total. The normalized spacial score (nSPS) is 15.8. The molecule has 0 aliphatic carbocycles. The lowest BCUT2D eigenvalue weighted by atomic mass is 9.83. The molecular weight excluding hydrogens is 620 g/mol. The topological polar surface area (TPSA) is 277 Å². The van der Waals surface area contributed by atoms with Crippen LogP contribution in [0.15, 0.2) is 24.3 Å². The third-order valence-corrected chi connectivity index (χ3v) is 7.31. The summed E-state index contributed by atoms with van der Waals surface area (Å²) in [7, 11) is 0. The Hall–Kier alpha value is -5.26. The standard InChI is InChI=1S/C29H40N8O10/c1-17(38)35-20(15-33-23(41)10-13-37-26(44)7-8-27(37)45)29(47)34-16-21(39)18(4-2-3-11-30)19(28(31)46)14-32-22(40)9-12-36-24(42)5-6-25(36)43/h5-8,18-20H,2-4,9-16,30H2,1H3,(H2,31,46)(H,32,40)(H,33,41)(H,34,47)(H,35,38). The van der Waals surface area contributed by atoms with E-state index in [1.165, 1.54) is 0 Å². The van der Waals surface area contributed by atoms with Crippen molar-refractivity contribution in [3.8, 4) is 0 Å². The van der Waals surface area contributed by atoms with Gasteiger partial charge >= 0.3 is 0 Å². The number of amides is 9. The maximum atomic E-state index is 13.3. The van der Waals surface area contributed by atoms with Crippen LogP contribution < -0.4 is 32.7 Å². The van der Waals surface area contributed by atoms with Crippen molar-refractivity contribution in [3.05, 3.63) is 24.3 Å². The largest absolute Gasteiger partial charge is 0.369 e. The molecule has 2 heterocycles. The Bertz CT molecular complexity index is 1310. The molecule has 3 atom stereocenters. The van der Waals surface area contributed by atoms with E-state index in [0.29, 0.717) is 19.4 Å². The molecule has 18 heteroatoms. The van der Waals surface area contributed by atoms with Gasteiger partial charge in [0.2, 0.25) is 29.5 Å². The lowest BCUT2D eigenvalue weighted by Gasteiger charge is -2.25. The van der Waals surface area contributed by atoms with E-state index in [1.807, 2.05) is 0 Å². The quantitative estimate of drug-likeness (QED) is 0.0508. The van der Waals surface area contributed by atoms with E-state index < -0.39 is 83.4 Å².